The Bertz CT molecular complexity index is 359. The Balaban J connectivity index is 2.05. The Kier molecular flexibility index (Phi) is 2.70. The van der Waals surface area contributed by atoms with Crippen LogP contribution in [0.5, 0.6) is 0 Å². The second-order valence-electron chi connectivity index (χ2n) is 2.86. The third kappa shape index (κ3) is 2.26. The lowest BCUT2D eigenvalue weighted by Crippen LogP contribution is -2.36. The Hall–Kier alpha value is -1.48. The molecule has 0 saturated carbocycles. The molecule has 0 radical (unpaired) electrons. The van der Waals surface area contributed by atoms with Gasteiger partial charge in [0.1, 0.15) is 5.50 Å². The molecule has 0 saturated heterocycles. The summed E-state index contributed by atoms with van der Waals surface area (Å²) in [6.45, 7) is 0. The first-order chi connectivity index (χ1) is 6.84. The third-order valence-corrected chi connectivity index (χ3v) is 2.02. The van der Waals surface area contributed by atoms with E-state index in [9.17, 15) is 0 Å². The number of anilines is 1. The van der Waals surface area contributed by atoms with Gasteiger partial charge in [-0.15, -0.1) is 0 Å². The van der Waals surface area contributed by atoms with Crippen molar-refractivity contribution in [2.24, 2.45) is 4.99 Å². The standard InChI is InChI=1S/C10H10ClN3/c11-9-6-7-12-10(14-9)13-8-4-2-1-3-5-8/h1-7,9H,(H2,12,13,14). The van der Waals surface area contributed by atoms with Gasteiger partial charge in [-0.2, -0.15) is 0 Å². The van der Waals surface area contributed by atoms with E-state index in [1.54, 1.807) is 12.3 Å². The zero-order valence-electron chi connectivity index (χ0n) is 7.44. The molecule has 1 heterocycles. The van der Waals surface area contributed by atoms with Crippen molar-refractivity contribution in [1.29, 1.82) is 0 Å². The molecule has 1 unspecified atom stereocenters. The Labute approximate surface area is 87.5 Å². The molecule has 0 aliphatic carbocycles. The molecule has 14 heavy (non-hydrogen) atoms. The van der Waals surface area contributed by atoms with Crippen molar-refractivity contribution in [3.63, 3.8) is 0 Å². The van der Waals surface area contributed by atoms with Crippen molar-refractivity contribution in [3.05, 3.63) is 42.6 Å². The van der Waals surface area contributed by atoms with Crippen molar-refractivity contribution in [2.75, 3.05) is 5.32 Å². The lowest BCUT2D eigenvalue weighted by Gasteiger charge is -2.16. The largest absolute Gasteiger partial charge is 0.336 e. The number of guanidine groups is 1. The SMILES string of the molecule is ClC1C=CN=C(Nc2ccccc2)N1. The van der Waals surface area contributed by atoms with E-state index < -0.39 is 0 Å². The number of benzene rings is 1. The molecular weight excluding hydrogens is 198 g/mol. The molecule has 4 heteroatoms. The van der Waals surface area contributed by atoms with Gasteiger partial charge in [-0.1, -0.05) is 29.8 Å². The van der Waals surface area contributed by atoms with E-state index >= 15 is 0 Å². The molecular formula is C10H10ClN3. The predicted molar refractivity (Wildman–Crippen MR) is 59.4 cm³/mol. The van der Waals surface area contributed by atoms with Crippen LogP contribution in [-0.2, 0) is 0 Å². The lowest BCUT2D eigenvalue weighted by atomic mass is 10.3. The smallest absolute Gasteiger partial charge is 0.201 e. The van der Waals surface area contributed by atoms with Crippen LogP contribution in [-0.4, -0.2) is 11.5 Å². The van der Waals surface area contributed by atoms with Crippen LogP contribution in [0.1, 0.15) is 0 Å². The van der Waals surface area contributed by atoms with Gasteiger partial charge in [0.05, 0.1) is 0 Å². The molecule has 0 amide bonds. The summed E-state index contributed by atoms with van der Waals surface area (Å²) in [5.74, 6) is 0.665. The van der Waals surface area contributed by atoms with E-state index in [2.05, 4.69) is 15.6 Å². The number of rotatable bonds is 1. The molecule has 0 spiro atoms. The molecule has 72 valence electrons. The van der Waals surface area contributed by atoms with E-state index in [1.165, 1.54) is 0 Å². The second-order valence-corrected chi connectivity index (χ2v) is 3.33. The highest BCUT2D eigenvalue weighted by Gasteiger charge is 2.06. The zero-order valence-corrected chi connectivity index (χ0v) is 8.20. The van der Waals surface area contributed by atoms with E-state index in [0.717, 1.165) is 5.69 Å². The molecule has 1 aromatic rings. The maximum Gasteiger partial charge on any atom is 0.201 e. The van der Waals surface area contributed by atoms with Gasteiger partial charge in [0, 0.05) is 11.9 Å². The molecule has 1 aliphatic rings. The summed E-state index contributed by atoms with van der Waals surface area (Å²) in [5, 5.41) is 6.10. The summed E-state index contributed by atoms with van der Waals surface area (Å²) < 4.78 is 0. The quantitative estimate of drug-likeness (QED) is 0.547. The molecule has 0 aromatic heterocycles. The number of alkyl halides is 1. The molecule has 1 aromatic carbocycles. The molecule has 1 aliphatic heterocycles. The van der Waals surface area contributed by atoms with Crippen molar-refractivity contribution >= 4 is 23.2 Å². The minimum absolute atomic E-state index is 0.196. The predicted octanol–water partition coefficient (Wildman–Crippen LogP) is 2.14. The summed E-state index contributed by atoms with van der Waals surface area (Å²) >= 11 is 5.86. The number of nitrogens with zero attached hydrogens (tertiary/aromatic N) is 1. The maximum atomic E-state index is 5.86. The van der Waals surface area contributed by atoms with E-state index in [-0.39, 0.29) is 5.50 Å². The number of hydrogen-bond donors (Lipinski definition) is 2. The highest BCUT2D eigenvalue weighted by atomic mass is 35.5. The lowest BCUT2D eigenvalue weighted by molar-refractivity contribution is 0.935. The summed E-state index contributed by atoms with van der Waals surface area (Å²) in [4.78, 5) is 4.10. The Morgan fingerprint density at radius 1 is 1.29 bits per heavy atom. The third-order valence-electron chi connectivity index (χ3n) is 1.77. The topological polar surface area (TPSA) is 36.4 Å². The van der Waals surface area contributed by atoms with Crippen LogP contribution in [0.25, 0.3) is 0 Å². The van der Waals surface area contributed by atoms with Crippen LogP contribution < -0.4 is 10.6 Å². The second kappa shape index (κ2) is 4.15. The van der Waals surface area contributed by atoms with Crippen molar-refractivity contribution in [2.45, 2.75) is 5.50 Å². The van der Waals surface area contributed by atoms with Gasteiger partial charge in [0.15, 0.2) is 0 Å². The Morgan fingerprint density at radius 2 is 2.07 bits per heavy atom. The Morgan fingerprint density at radius 3 is 2.79 bits per heavy atom. The van der Waals surface area contributed by atoms with E-state index in [4.69, 9.17) is 11.6 Å². The molecule has 1 atom stereocenters. The van der Waals surface area contributed by atoms with Gasteiger partial charge >= 0.3 is 0 Å². The molecule has 2 N–H and O–H groups in total. The number of hydrogen-bond acceptors (Lipinski definition) is 3. The summed E-state index contributed by atoms with van der Waals surface area (Å²) in [6.07, 6.45) is 3.46. The van der Waals surface area contributed by atoms with Crippen LogP contribution in [0.15, 0.2) is 47.6 Å². The molecule has 0 bridgehead atoms. The van der Waals surface area contributed by atoms with Crippen molar-refractivity contribution in [1.82, 2.24) is 5.32 Å². The molecule has 2 rings (SSSR count). The summed E-state index contributed by atoms with van der Waals surface area (Å²) in [6, 6.07) is 9.81. The maximum absolute atomic E-state index is 5.86. The highest BCUT2D eigenvalue weighted by molar-refractivity contribution is 6.23. The monoisotopic (exact) mass is 207 g/mol. The van der Waals surface area contributed by atoms with Crippen LogP contribution >= 0.6 is 11.6 Å². The molecule has 3 nitrogen and oxygen atoms in total. The van der Waals surface area contributed by atoms with E-state index in [0.29, 0.717) is 5.96 Å². The average Bonchev–Trinajstić information content (AvgIpc) is 2.19. The number of nitrogens with one attached hydrogen (secondary N) is 2. The average molecular weight is 208 g/mol. The first-order valence-electron chi connectivity index (χ1n) is 4.32. The van der Waals surface area contributed by atoms with Crippen molar-refractivity contribution < 1.29 is 0 Å². The van der Waals surface area contributed by atoms with Crippen LogP contribution in [0.3, 0.4) is 0 Å². The van der Waals surface area contributed by atoms with Crippen molar-refractivity contribution in [3.8, 4) is 0 Å². The van der Waals surface area contributed by atoms with Gasteiger partial charge in [0.25, 0.3) is 0 Å². The first kappa shape index (κ1) is 9.09. The fourth-order valence-corrected chi connectivity index (χ4v) is 1.30. The number of aliphatic imine (C=N–C) groups is 1. The number of para-hydroxylation sites is 1. The fourth-order valence-electron chi connectivity index (χ4n) is 1.14. The van der Waals surface area contributed by atoms with Crippen LogP contribution in [0, 0.1) is 0 Å². The van der Waals surface area contributed by atoms with Crippen LogP contribution in [0.2, 0.25) is 0 Å². The van der Waals surface area contributed by atoms with Gasteiger partial charge in [-0.05, 0) is 18.2 Å². The van der Waals surface area contributed by atoms with Crippen LogP contribution in [0.4, 0.5) is 5.69 Å². The fraction of sp³-hybridized carbons (Fsp3) is 0.100. The van der Waals surface area contributed by atoms with Gasteiger partial charge in [-0.3, -0.25) is 0 Å². The van der Waals surface area contributed by atoms with E-state index in [1.807, 2.05) is 30.3 Å². The summed E-state index contributed by atoms with van der Waals surface area (Å²) in [5.41, 5.74) is 0.789. The summed E-state index contributed by atoms with van der Waals surface area (Å²) in [7, 11) is 0. The molecule has 0 fully saturated rings. The highest BCUT2D eigenvalue weighted by Crippen LogP contribution is 2.06. The van der Waals surface area contributed by atoms with Gasteiger partial charge < -0.3 is 10.6 Å². The van der Waals surface area contributed by atoms with Gasteiger partial charge in [-0.25, -0.2) is 4.99 Å². The first-order valence-corrected chi connectivity index (χ1v) is 4.75. The normalized spacial score (nSPS) is 19.8. The number of halogens is 1. The zero-order chi connectivity index (χ0) is 9.80. The van der Waals surface area contributed by atoms with Gasteiger partial charge in [0.2, 0.25) is 5.96 Å². The minimum atomic E-state index is -0.196. The minimum Gasteiger partial charge on any atom is -0.336 e.